The Kier molecular flexibility index (Phi) is 7.10. The zero-order valence-electron chi connectivity index (χ0n) is 14.1. The lowest BCUT2D eigenvalue weighted by atomic mass is 9.72. The van der Waals surface area contributed by atoms with Crippen molar-refractivity contribution in [2.24, 2.45) is 11.3 Å². The fraction of sp³-hybridized carbons (Fsp3) is 0.800. The van der Waals surface area contributed by atoms with Gasteiger partial charge in [0.1, 0.15) is 5.76 Å². The quantitative estimate of drug-likeness (QED) is 0.492. The molecule has 0 amide bonds. The highest BCUT2D eigenvalue weighted by molar-refractivity contribution is 7.48. The Labute approximate surface area is 132 Å². The van der Waals surface area contributed by atoms with Gasteiger partial charge < -0.3 is 9.26 Å². The first kappa shape index (κ1) is 19.2. The molecule has 22 heavy (non-hydrogen) atoms. The Hall–Kier alpha value is -0.840. The molecule has 0 aromatic rings. The average molecular weight is 334 g/mol. The molecule has 0 N–H and O–H groups in total. The third-order valence-electron chi connectivity index (χ3n) is 3.49. The SMILES string of the molecule is CCOC(=O)C1CCC(OP(=O)(OCC)OCC)=CC1(C)C. The summed E-state index contributed by atoms with van der Waals surface area (Å²) in [6, 6.07) is 0. The molecule has 0 aromatic heterocycles. The Balaban J connectivity index is 2.86. The number of carbonyl (C=O) groups is 1. The van der Waals surface area contributed by atoms with Crippen molar-refractivity contribution < 1.29 is 27.7 Å². The highest BCUT2D eigenvalue weighted by atomic mass is 31.2. The first-order valence-electron chi connectivity index (χ1n) is 7.75. The van der Waals surface area contributed by atoms with E-state index in [0.717, 1.165) is 0 Å². The summed E-state index contributed by atoms with van der Waals surface area (Å²) in [6.07, 6.45) is 2.90. The normalized spacial score (nSPS) is 21.1. The van der Waals surface area contributed by atoms with Crippen LogP contribution in [0, 0.1) is 11.3 Å². The zero-order valence-corrected chi connectivity index (χ0v) is 15.0. The molecule has 1 unspecified atom stereocenters. The van der Waals surface area contributed by atoms with Crippen LogP contribution in [0.25, 0.3) is 0 Å². The number of ether oxygens (including phenoxy) is 1. The Morgan fingerprint density at radius 1 is 1.23 bits per heavy atom. The topological polar surface area (TPSA) is 71.1 Å². The Morgan fingerprint density at radius 3 is 2.27 bits per heavy atom. The second-order valence-corrected chi connectivity index (χ2v) is 7.24. The molecule has 0 aliphatic heterocycles. The van der Waals surface area contributed by atoms with Crippen molar-refractivity contribution in [1.82, 2.24) is 0 Å². The predicted molar refractivity (Wildman–Crippen MR) is 83.2 cm³/mol. The monoisotopic (exact) mass is 334 g/mol. The number of allylic oxidation sites excluding steroid dienone is 2. The minimum Gasteiger partial charge on any atom is -0.466 e. The third kappa shape index (κ3) is 5.11. The smallest absolute Gasteiger partial charge is 0.466 e. The van der Waals surface area contributed by atoms with E-state index >= 15 is 0 Å². The van der Waals surface area contributed by atoms with Crippen molar-refractivity contribution >= 4 is 13.8 Å². The van der Waals surface area contributed by atoms with E-state index in [2.05, 4.69) is 0 Å². The van der Waals surface area contributed by atoms with E-state index in [1.54, 1.807) is 20.8 Å². The number of carbonyl (C=O) groups excluding carboxylic acids is 1. The lowest BCUT2D eigenvalue weighted by molar-refractivity contribution is -0.151. The molecule has 0 aromatic carbocycles. The molecule has 6 nitrogen and oxygen atoms in total. The molecule has 1 aliphatic carbocycles. The van der Waals surface area contributed by atoms with E-state index in [1.807, 2.05) is 19.9 Å². The van der Waals surface area contributed by atoms with Crippen molar-refractivity contribution in [2.45, 2.75) is 47.5 Å². The molecule has 1 rings (SSSR count). The summed E-state index contributed by atoms with van der Waals surface area (Å²) in [6.45, 7) is 9.95. The van der Waals surface area contributed by atoms with Gasteiger partial charge in [0.25, 0.3) is 0 Å². The summed E-state index contributed by atoms with van der Waals surface area (Å²) in [5.41, 5.74) is -0.441. The molecular weight excluding hydrogens is 307 g/mol. The van der Waals surface area contributed by atoms with Gasteiger partial charge in [-0.15, -0.1) is 0 Å². The predicted octanol–water partition coefficient (Wildman–Crippen LogP) is 4.07. The molecule has 0 bridgehead atoms. The van der Waals surface area contributed by atoms with Gasteiger partial charge in [-0.2, -0.15) is 0 Å². The van der Waals surface area contributed by atoms with Gasteiger partial charge in [-0.25, -0.2) is 4.57 Å². The van der Waals surface area contributed by atoms with E-state index in [1.165, 1.54) is 0 Å². The van der Waals surface area contributed by atoms with Crippen LogP contribution in [-0.2, 0) is 27.7 Å². The van der Waals surface area contributed by atoms with Gasteiger partial charge in [0.05, 0.1) is 25.7 Å². The Morgan fingerprint density at radius 2 is 1.82 bits per heavy atom. The minimum atomic E-state index is -3.58. The van der Waals surface area contributed by atoms with Gasteiger partial charge in [-0.3, -0.25) is 13.8 Å². The molecule has 0 saturated carbocycles. The summed E-state index contributed by atoms with van der Waals surface area (Å²) in [7, 11) is -3.58. The molecule has 1 atom stereocenters. The number of esters is 1. The van der Waals surface area contributed by atoms with E-state index < -0.39 is 13.2 Å². The largest absolute Gasteiger partial charge is 0.529 e. The van der Waals surface area contributed by atoms with Gasteiger partial charge in [0.15, 0.2) is 0 Å². The second kappa shape index (κ2) is 8.14. The fourth-order valence-electron chi connectivity index (χ4n) is 2.53. The number of hydrogen-bond acceptors (Lipinski definition) is 6. The second-order valence-electron chi connectivity index (χ2n) is 5.65. The highest BCUT2D eigenvalue weighted by Gasteiger charge is 2.40. The maximum absolute atomic E-state index is 12.4. The fourth-order valence-corrected chi connectivity index (χ4v) is 3.78. The van der Waals surface area contributed by atoms with Crippen molar-refractivity contribution in [3.8, 4) is 0 Å². The Bertz CT molecular complexity index is 447. The van der Waals surface area contributed by atoms with Crippen molar-refractivity contribution in [1.29, 1.82) is 0 Å². The van der Waals surface area contributed by atoms with Gasteiger partial charge in [0.2, 0.25) is 0 Å². The first-order valence-corrected chi connectivity index (χ1v) is 9.21. The minimum absolute atomic E-state index is 0.208. The van der Waals surface area contributed by atoms with Crippen LogP contribution in [0.2, 0.25) is 0 Å². The van der Waals surface area contributed by atoms with E-state index in [-0.39, 0.29) is 25.1 Å². The van der Waals surface area contributed by atoms with Crippen molar-refractivity contribution in [2.75, 3.05) is 19.8 Å². The summed E-state index contributed by atoms with van der Waals surface area (Å²) >= 11 is 0. The van der Waals surface area contributed by atoms with Crippen LogP contribution in [0.15, 0.2) is 11.8 Å². The summed E-state index contributed by atoms with van der Waals surface area (Å²) < 4.78 is 33.3. The standard InChI is InChI=1S/C15H27O6P/c1-6-18-14(16)13-10-9-12(11-15(13,4)5)21-22(17,19-7-2)20-8-3/h11,13H,6-10H2,1-5H3. The number of phosphoric ester groups is 1. The molecule has 7 heteroatoms. The molecule has 0 spiro atoms. The van der Waals surface area contributed by atoms with Crippen LogP contribution in [-0.4, -0.2) is 25.8 Å². The van der Waals surface area contributed by atoms with Crippen LogP contribution in [0.3, 0.4) is 0 Å². The first-order chi connectivity index (χ1) is 10.3. The number of hydrogen-bond donors (Lipinski definition) is 0. The maximum atomic E-state index is 12.4. The van der Waals surface area contributed by atoms with Crippen LogP contribution in [0.5, 0.6) is 0 Å². The average Bonchev–Trinajstić information content (AvgIpc) is 2.37. The van der Waals surface area contributed by atoms with Gasteiger partial charge in [-0.1, -0.05) is 13.8 Å². The summed E-state index contributed by atoms with van der Waals surface area (Å²) in [5, 5.41) is 0. The molecule has 0 fully saturated rings. The highest BCUT2D eigenvalue weighted by Crippen LogP contribution is 2.53. The van der Waals surface area contributed by atoms with Crippen molar-refractivity contribution in [3.63, 3.8) is 0 Å². The lowest BCUT2D eigenvalue weighted by Crippen LogP contribution is -2.34. The molecule has 1 aliphatic rings. The number of rotatable bonds is 8. The van der Waals surface area contributed by atoms with E-state index in [4.69, 9.17) is 18.3 Å². The van der Waals surface area contributed by atoms with E-state index in [0.29, 0.717) is 25.2 Å². The van der Waals surface area contributed by atoms with Crippen LogP contribution < -0.4 is 0 Å². The maximum Gasteiger partial charge on any atom is 0.529 e. The number of phosphoric acid groups is 1. The van der Waals surface area contributed by atoms with E-state index in [9.17, 15) is 9.36 Å². The zero-order chi connectivity index (χ0) is 16.8. The van der Waals surface area contributed by atoms with Crippen LogP contribution in [0.4, 0.5) is 0 Å². The molecular formula is C15H27O6P. The summed E-state index contributed by atoms with van der Waals surface area (Å²) in [5.74, 6) is 0.0924. The summed E-state index contributed by atoms with van der Waals surface area (Å²) in [4.78, 5) is 12.0. The molecule has 0 radical (unpaired) electrons. The van der Waals surface area contributed by atoms with Crippen LogP contribution in [0.1, 0.15) is 47.5 Å². The van der Waals surface area contributed by atoms with Crippen LogP contribution >= 0.6 is 7.82 Å². The van der Waals surface area contributed by atoms with Gasteiger partial charge in [0, 0.05) is 6.42 Å². The molecule has 0 heterocycles. The van der Waals surface area contributed by atoms with Gasteiger partial charge in [-0.05, 0) is 38.7 Å². The lowest BCUT2D eigenvalue weighted by Gasteiger charge is -2.35. The molecule has 128 valence electrons. The van der Waals surface area contributed by atoms with Crippen molar-refractivity contribution in [3.05, 3.63) is 11.8 Å². The molecule has 0 saturated heterocycles. The van der Waals surface area contributed by atoms with Gasteiger partial charge >= 0.3 is 13.8 Å². The third-order valence-corrected chi connectivity index (χ3v) is 5.09.